The highest BCUT2D eigenvalue weighted by Crippen LogP contribution is 2.45. The maximum Gasteiger partial charge on any atom is 0.418 e. The van der Waals surface area contributed by atoms with E-state index < -0.39 is 34.9 Å². The third kappa shape index (κ3) is 3.34. The lowest BCUT2D eigenvalue weighted by Gasteiger charge is -2.25. The number of amides is 1. The molecule has 0 spiro atoms. The van der Waals surface area contributed by atoms with Crippen LogP contribution in [0.4, 0.5) is 37.7 Å². The van der Waals surface area contributed by atoms with Crippen LogP contribution in [0, 0.1) is 0 Å². The highest BCUT2D eigenvalue weighted by Gasteiger charge is 2.42. The van der Waals surface area contributed by atoms with Crippen molar-refractivity contribution in [3.05, 3.63) is 23.3 Å². The van der Waals surface area contributed by atoms with E-state index in [0.29, 0.717) is 12.1 Å². The zero-order chi connectivity index (χ0) is 15.7. The van der Waals surface area contributed by atoms with E-state index in [4.69, 9.17) is 0 Å². The Bertz CT molecular complexity index is 472. The van der Waals surface area contributed by atoms with E-state index in [-0.39, 0.29) is 6.41 Å². The van der Waals surface area contributed by atoms with Gasteiger partial charge in [0.2, 0.25) is 6.41 Å². The van der Waals surface area contributed by atoms with Gasteiger partial charge in [0.1, 0.15) is 0 Å². The van der Waals surface area contributed by atoms with E-state index in [0.717, 1.165) is 19.0 Å². The highest BCUT2D eigenvalue weighted by molar-refractivity contribution is 5.76. The number of rotatable bonds is 3. The summed E-state index contributed by atoms with van der Waals surface area (Å²) in [6.07, 6.45) is -9.97. The molecule has 112 valence electrons. The fourth-order valence-corrected chi connectivity index (χ4v) is 1.70. The molecule has 0 radical (unpaired) electrons. The van der Waals surface area contributed by atoms with Crippen molar-refractivity contribution < 1.29 is 31.1 Å². The molecule has 0 fully saturated rings. The first-order chi connectivity index (χ1) is 8.98. The summed E-state index contributed by atoms with van der Waals surface area (Å²) in [5.74, 6) is 0. The second-order valence-corrected chi connectivity index (χ2v) is 4.07. The predicted molar refractivity (Wildman–Crippen MR) is 60.5 cm³/mol. The number of benzene rings is 1. The number of halogens is 6. The summed E-state index contributed by atoms with van der Waals surface area (Å²) >= 11 is 0. The molecule has 0 saturated carbocycles. The standard InChI is InChI=1S/C11H10F6N2O/c1-19(2)9-7(10(12,13)14)3-6(18-5-20)4-8(9)11(15,16)17/h3-5H,1-2H3,(H,18,20). The molecule has 0 unspecified atom stereocenters. The Labute approximate surface area is 110 Å². The van der Waals surface area contributed by atoms with Gasteiger partial charge in [0.05, 0.1) is 16.8 Å². The molecule has 1 amide bonds. The summed E-state index contributed by atoms with van der Waals surface area (Å²) in [5.41, 5.74) is -4.52. The van der Waals surface area contributed by atoms with Crippen LogP contribution in [0.15, 0.2) is 12.1 Å². The SMILES string of the molecule is CN(C)c1c(C(F)(F)F)cc(NC=O)cc1C(F)(F)F. The van der Waals surface area contributed by atoms with E-state index in [1.54, 1.807) is 5.32 Å². The average molecular weight is 300 g/mol. The average Bonchev–Trinajstić information content (AvgIpc) is 2.25. The number of alkyl halides is 6. The summed E-state index contributed by atoms with van der Waals surface area (Å²) in [6, 6.07) is 0.915. The van der Waals surface area contributed by atoms with Crippen molar-refractivity contribution in [2.45, 2.75) is 12.4 Å². The Hall–Kier alpha value is -1.93. The quantitative estimate of drug-likeness (QED) is 0.686. The number of carbonyl (C=O) groups excluding carboxylic acids is 1. The van der Waals surface area contributed by atoms with Crippen molar-refractivity contribution in [2.75, 3.05) is 24.3 Å². The zero-order valence-electron chi connectivity index (χ0n) is 10.4. The van der Waals surface area contributed by atoms with E-state index in [1.807, 2.05) is 0 Å². The third-order valence-corrected chi connectivity index (χ3v) is 2.39. The molecule has 20 heavy (non-hydrogen) atoms. The molecule has 0 saturated heterocycles. The van der Waals surface area contributed by atoms with Gasteiger partial charge in [-0.1, -0.05) is 0 Å². The molecule has 0 aromatic heterocycles. The second-order valence-electron chi connectivity index (χ2n) is 4.07. The van der Waals surface area contributed by atoms with Gasteiger partial charge in [0, 0.05) is 19.8 Å². The van der Waals surface area contributed by atoms with Gasteiger partial charge in [0.15, 0.2) is 0 Å². The molecular weight excluding hydrogens is 290 g/mol. The first-order valence-corrected chi connectivity index (χ1v) is 5.18. The van der Waals surface area contributed by atoms with Crippen LogP contribution in [0.1, 0.15) is 11.1 Å². The maximum atomic E-state index is 12.9. The van der Waals surface area contributed by atoms with Crippen molar-refractivity contribution in [1.82, 2.24) is 0 Å². The Morgan fingerprint density at radius 2 is 1.40 bits per heavy atom. The molecule has 1 N–H and O–H groups in total. The molecule has 1 aromatic carbocycles. The summed E-state index contributed by atoms with van der Waals surface area (Å²) in [4.78, 5) is 11.0. The molecular formula is C11H10F6N2O. The van der Waals surface area contributed by atoms with E-state index in [9.17, 15) is 31.1 Å². The Morgan fingerprint density at radius 3 is 1.65 bits per heavy atom. The minimum Gasteiger partial charge on any atom is -0.377 e. The molecule has 3 nitrogen and oxygen atoms in total. The molecule has 0 atom stereocenters. The smallest absolute Gasteiger partial charge is 0.377 e. The number of nitrogens with zero attached hydrogens (tertiary/aromatic N) is 1. The van der Waals surface area contributed by atoms with Crippen LogP contribution in [0.5, 0.6) is 0 Å². The summed E-state index contributed by atoms with van der Waals surface area (Å²) in [7, 11) is 2.15. The fraction of sp³-hybridized carbons (Fsp3) is 0.364. The lowest BCUT2D eigenvalue weighted by Crippen LogP contribution is -2.22. The van der Waals surface area contributed by atoms with Crippen LogP contribution >= 0.6 is 0 Å². The van der Waals surface area contributed by atoms with E-state index in [1.165, 1.54) is 0 Å². The van der Waals surface area contributed by atoms with Gasteiger partial charge in [-0.05, 0) is 12.1 Å². The van der Waals surface area contributed by atoms with Crippen LogP contribution in [-0.2, 0) is 17.1 Å². The monoisotopic (exact) mass is 300 g/mol. The van der Waals surface area contributed by atoms with Crippen LogP contribution in [0.3, 0.4) is 0 Å². The Morgan fingerprint density at radius 1 is 1.00 bits per heavy atom. The van der Waals surface area contributed by atoms with Crippen molar-refractivity contribution in [1.29, 1.82) is 0 Å². The van der Waals surface area contributed by atoms with Crippen LogP contribution in [0.25, 0.3) is 0 Å². The van der Waals surface area contributed by atoms with Gasteiger partial charge in [-0.25, -0.2) is 0 Å². The van der Waals surface area contributed by atoms with Gasteiger partial charge in [-0.2, -0.15) is 26.3 Å². The van der Waals surface area contributed by atoms with Gasteiger partial charge in [0.25, 0.3) is 0 Å². The van der Waals surface area contributed by atoms with Crippen LogP contribution in [0.2, 0.25) is 0 Å². The van der Waals surface area contributed by atoms with Gasteiger partial charge < -0.3 is 10.2 Å². The van der Waals surface area contributed by atoms with Gasteiger partial charge in [-0.15, -0.1) is 0 Å². The van der Waals surface area contributed by atoms with Crippen molar-refractivity contribution in [3.8, 4) is 0 Å². The number of anilines is 2. The summed E-state index contributed by atoms with van der Waals surface area (Å²) in [6.45, 7) is 0. The zero-order valence-corrected chi connectivity index (χ0v) is 10.4. The van der Waals surface area contributed by atoms with Gasteiger partial charge in [-0.3, -0.25) is 4.79 Å². The molecule has 0 bridgehead atoms. The Balaban J connectivity index is 3.71. The molecule has 1 rings (SSSR count). The topological polar surface area (TPSA) is 32.3 Å². The highest BCUT2D eigenvalue weighted by atomic mass is 19.4. The van der Waals surface area contributed by atoms with Crippen LogP contribution < -0.4 is 10.2 Å². The first-order valence-electron chi connectivity index (χ1n) is 5.18. The largest absolute Gasteiger partial charge is 0.418 e. The van der Waals surface area contributed by atoms with E-state index >= 15 is 0 Å². The van der Waals surface area contributed by atoms with Crippen molar-refractivity contribution in [2.24, 2.45) is 0 Å². The molecule has 9 heteroatoms. The number of hydrogen-bond donors (Lipinski definition) is 1. The molecule has 0 aliphatic rings. The third-order valence-electron chi connectivity index (χ3n) is 2.39. The second kappa shape index (κ2) is 5.22. The summed E-state index contributed by atoms with van der Waals surface area (Å²) < 4.78 is 77.3. The number of carbonyl (C=O) groups is 1. The van der Waals surface area contributed by atoms with Gasteiger partial charge >= 0.3 is 12.4 Å². The Kier molecular flexibility index (Phi) is 4.21. The number of hydrogen-bond acceptors (Lipinski definition) is 2. The minimum absolute atomic E-state index is 0.00494. The summed E-state index contributed by atoms with van der Waals surface area (Å²) in [5, 5.41) is 1.80. The molecule has 0 heterocycles. The predicted octanol–water partition coefficient (Wildman–Crippen LogP) is 3.36. The van der Waals surface area contributed by atoms with Crippen molar-refractivity contribution >= 4 is 17.8 Å². The number of nitrogens with one attached hydrogen (secondary N) is 1. The maximum absolute atomic E-state index is 12.9. The lowest BCUT2D eigenvalue weighted by molar-refractivity contribution is -0.142. The minimum atomic E-state index is -4.99. The van der Waals surface area contributed by atoms with E-state index in [2.05, 4.69) is 0 Å². The molecule has 0 aliphatic heterocycles. The normalized spacial score (nSPS) is 12.2. The molecule has 1 aromatic rings. The van der Waals surface area contributed by atoms with Crippen molar-refractivity contribution in [3.63, 3.8) is 0 Å². The fourth-order valence-electron chi connectivity index (χ4n) is 1.70. The van der Waals surface area contributed by atoms with Crippen LogP contribution in [-0.4, -0.2) is 20.5 Å². The molecule has 0 aliphatic carbocycles. The first kappa shape index (κ1) is 16.1. The lowest BCUT2D eigenvalue weighted by atomic mass is 10.0.